The van der Waals surface area contributed by atoms with Gasteiger partial charge in [0.05, 0.1) is 0 Å². The molecular formula is C22H18FeO3. The van der Waals surface area contributed by atoms with Gasteiger partial charge in [0.2, 0.25) is 0 Å². The first-order valence-corrected chi connectivity index (χ1v) is 15.9. The van der Waals surface area contributed by atoms with Crippen LogP contribution in [0, 0.1) is 11.8 Å². The third-order valence-electron chi connectivity index (χ3n) is 16.7. The number of phenols is 1. The van der Waals surface area contributed by atoms with Crippen molar-refractivity contribution in [3.63, 3.8) is 0 Å². The molecule has 0 radical (unpaired) electrons. The van der Waals surface area contributed by atoms with Gasteiger partial charge in [-0.2, -0.15) is 0 Å². The Balaban J connectivity index is 1.18. The van der Waals surface area contributed by atoms with Crippen molar-refractivity contribution in [1.29, 1.82) is 0 Å². The van der Waals surface area contributed by atoms with Gasteiger partial charge in [-0.1, -0.05) is 0 Å². The van der Waals surface area contributed by atoms with Gasteiger partial charge < -0.3 is 0 Å². The van der Waals surface area contributed by atoms with Crippen LogP contribution in [0.4, 0.5) is 0 Å². The number of carbonyl (C=O) groups is 1. The summed E-state index contributed by atoms with van der Waals surface area (Å²) >= 11 is 0. The Morgan fingerprint density at radius 2 is 1.92 bits per heavy atom. The molecule has 3 nitrogen and oxygen atoms in total. The van der Waals surface area contributed by atoms with Gasteiger partial charge >= 0.3 is 141 Å². The first kappa shape index (κ1) is 11.3. The molecule has 26 heavy (non-hydrogen) atoms. The second-order valence-electron chi connectivity index (χ2n) is 12.4. The van der Waals surface area contributed by atoms with Crippen molar-refractivity contribution in [3.8, 4) is 17.6 Å². The van der Waals surface area contributed by atoms with Crippen molar-refractivity contribution in [2.24, 2.45) is 0 Å². The fourth-order valence-electron chi connectivity index (χ4n) is 18.3. The topological polar surface area (TPSA) is 46.5 Å². The number of rotatable bonds is 4. The number of ether oxygens (including phenoxy) is 1. The average Bonchev–Trinajstić information content (AvgIpc) is 3.59. The molecule has 1 aromatic carbocycles. The number of hydrogen-bond acceptors (Lipinski definition) is 3. The van der Waals surface area contributed by atoms with E-state index in [2.05, 4.69) is 18.4 Å². The molecule has 0 saturated carbocycles. The normalized spacial score (nSPS) is 83.8. The molecule has 10 heterocycles. The van der Waals surface area contributed by atoms with Crippen LogP contribution in [0.1, 0.15) is 5.56 Å². The molecule has 0 aromatic heterocycles. The Morgan fingerprint density at radius 1 is 1.23 bits per heavy atom. The van der Waals surface area contributed by atoms with E-state index >= 15 is 0 Å². The maximum absolute atomic E-state index is 13.6. The fraction of sp³-hybridized carbons (Fsp3) is 0.500. The van der Waals surface area contributed by atoms with Gasteiger partial charge in [0.1, 0.15) is 0 Å². The molecule has 0 aliphatic carbocycles. The first-order valence-electron chi connectivity index (χ1n) is 9.71. The molecule has 5 atom stereocenters. The molecule has 10 fully saturated rings. The Labute approximate surface area is 141 Å². The van der Waals surface area contributed by atoms with Crippen LogP contribution in [0.3, 0.4) is 0 Å². The zero-order valence-corrected chi connectivity index (χ0v) is 15.1. The Hall–Kier alpha value is -1.53. The van der Waals surface area contributed by atoms with Crippen LogP contribution in [-0.2, 0) is 16.0 Å². The molecular weight excluding hydrogens is 368 g/mol. The van der Waals surface area contributed by atoms with Gasteiger partial charge in [-0.05, 0) is 0 Å². The van der Waals surface area contributed by atoms with Gasteiger partial charge in [0.15, 0.2) is 0 Å². The summed E-state index contributed by atoms with van der Waals surface area (Å²) in [5, 5.41) is 9.97. The van der Waals surface area contributed by atoms with Gasteiger partial charge in [0.25, 0.3) is 0 Å². The van der Waals surface area contributed by atoms with E-state index in [4.69, 9.17) is 4.74 Å². The number of para-hydroxylation sites is 1. The van der Waals surface area contributed by atoms with Crippen LogP contribution in [-0.4, -0.2) is 22.0 Å². The van der Waals surface area contributed by atoms with E-state index in [-0.39, 0.29) is 20.3 Å². The summed E-state index contributed by atoms with van der Waals surface area (Å²) < 4.78 is 6.93. The second kappa shape index (κ2) is 1.25. The SMILES string of the molecule is C=CCO[C]12[CH]3[CH]4[C]5(C(=O)C#Cc6ccccc6O)[CH]1[Fe]34251678[CH]2[CH]1[CH]6[CH]7[CH]28. The number of fused-ring (bicyclic) bond motifs is 10. The number of Topliss-reactive ketones (excluding diaryl/α,β-unsaturated/α-hetero) is 1. The van der Waals surface area contributed by atoms with Crippen LogP contribution >= 0.6 is 0 Å². The molecule has 10 aliphatic rings. The number of carbonyl (C=O) groups excluding carboxylic acids is 1. The van der Waals surface area contributed by atoms with Crippen molar-refractivity contribution in [2.75, 3.05) is 6.61 Å². The Morgan fingerprint density at radius 3 is 2.50 bits per heavy atom. The number of benzene rings is 1. The van der Waals surface area contributed by atoms with Crippen LogP contribution in [0.15, 0.2) is 36.9 Å². The maximum atomic E-state index is 13.6. The second-order valence-corrected chi connectivity index (χ2v) is 35.6. The van der Waals surface area contributed by atoms with E-state index < -0.39 is 6.51 Å². The van der Waals surface area contributed by atoms with Gasteiger partial charge in [-0.15, -0.1) is 0 Å². The van der Waals surface area contributed by atoms with E-state index in [9.17, 15) is 9.90 Å². The summed E-state index contributed by atoms with van der Waals surface area (Å²) in [7, 11) is 0. The molecule has 5 unspecified atom stereocenters. The van der Waals surface area contributed by atoms with Crippen molar-refractivity contribution < 1.29 is 21.1 Å². The molecule has 1 N–H and O–H groups in total. The van der Waals surface area contributed by atoms with Crippen LogP contribution < -0.4 is 0 Å². The summed E-state index contributed by atoms with van der Waals surface area (Å²) in [6.45, 7) is 0.668. The van der Waals surface area contributed by atoms with Crippen molar-refractivity contribution in [1.82, 2.24) is 0 Å². The standard InChI is InChI=1S/C17H13O3.C5H5.Fe/c1-2-11-20-15-9-7-14(12-15)17(19)10-8-13-5-3-4-6-16(13)18;1-2-4-5-3-1;/h2-7,9,12,18H,1,11H2;1-5H;. The number of ketones is 1. The van der Waals surface area contributed by atoms with E-state index in [1.165, 1.54) is 0 Å². The van der Waals surface area contributed by atoms with E-state index in [0.717, 1.165) is 33.7 Å². The van der Waals surface area contributed by atoms with Crippen molar-refractivity contribution >= 4 is 5.78 Å². The summed E-state index contributed by atoms with van der Waals surface area (Å²) in [5.74, 6) is 6.49. The third-order valence-corrected chi connectivity index (χ3v) is 58.9. The molecule has 132 valence electrons. The predicted octanol–water partition coefficient (Wildman–Crippen LogP) is 4.18. The average molecular weight is 386 g/mol. The number of aromatic hydroxyl groups is 1. The zero-order valence-electron chi connectivity index (χ0n) is 14.0. The zero-order chi connectivity index (χ0) is 17.0. The molecule has 10 saturated heterocycles. The predicted molar refractivity (Wildman–Crippen MR) is 91.6 cm³/mol. The summed E-state index contributed by atoms with van der Waals surface area (Å²) in [6.07, 6.45) is 1.90. The molecule has 10 aliphatic heterocycles. The number of hydrogen-bond donors (Lipinski definition) is 1. The van der Waals surface area contributed by atoms with Crippen LogP contribution in [0.25, 0.3) is 0 Å². The molecule has 0 bridgehead atoms. The van der Waals surface area contributed by atoms with E-state index in [1.807, 2.05) is 12.1 Å². The molecule has 0 amide bonds. The van der Waals surface area contributed by atoms with Crippen molar-refractivity contribution in [2.45, 2.75) is 47.3 Å². The van der Waals surface area contributed by atoms with Gasteiger partial charge in [0, 0.05) is 0 Å². The molecule has 11 rings (SSSR count). The molecule has 1 aromatic rings. The minimum atomic E-state index is -3.88. The summed E-state index contributed by atoms with van der Waals surface area (Å²) in [4.78, 5) is 20.9. The Bertz CT molecular complexity index is 1550. The molecule has 4 heteroatoms. The van der Waals surface area contributed by atoms with Gasteiger partial charge in [-0.3, -0.25) is 0 Å². The first-order chi connectivity index (χ1) is 12.4. The Kier molecular flexibility index (Phi) is 0.544. The quantitative estimate of drug-likeness (QED) is 0.480. The van der Waals surface area contributed by atoms with E-state index in [0.29, 0.717) is 17.0 Å². The minimum absolute atomic E-state index is 0.0347. The fourth-order valence-corrected chi connectivity index (χ4v) is 92.4. The van der Waals surface area contributed by atoms with E-state index in [1.54, 1.807) is 18.2 Å². The number of phenolic OH excluding ortho intramolecular Hbond substituents is 1. The summed E-state index contributed by atoms with van der Waals surface area (Å²) in [6, 6.07) is 7.07. The van der Waals surface area contributed by atoms with Gasteiger partial charge in [-0.25, -0.2) is 0 Å². The summed E-state index contributed by atoms with van der Waals surface area (Å²) in [5.41, 5.74) is 0.574. The van der Waals surface area contributed by atoms with Crippen molar-refractivity contribution in [3.05, 3.63) is 42.5 Å². The third kappa shape index (κ3) is 0.164. The van der Waals surface area contributed by atoms with Crippen LogP contribution in [0.2, 0.25) is 42.8 Å². The monoisotopic (exact) mass is 386 g/mol. The molecule has 1 spiro atoms. The van der Waals surface area contributed by atoms with Crippen LogP contribution in [0.5, 0.6) is 5.75 Å².